The highest BCUT2D eigenvalue weighted by atomic mass is 19.1. The van der Waals surface area contributed by atoms with E-state index >= 15 is 0 Å². The normalized spacial score (nSPS) is 22.2. The van der Waals surface area contributed by atoms with Gasteiger partial charge in [0.25, 0.3) is 0 Å². The number of hydrogen-bond donors (Lipinski definition) is 1. The van der Waals surface area contributed by atoms with Crippen LogP contribution >= 0.6 is 0 Å². The average Bonchev–Trinajstić information content (AvgIpc) is 2.63. The van der Waals surface area contributed by atoms with E-state index in [0.29, 0.717) is 23.2 Å². The number of benzene rings is 1. The van der Waals surface area contributed by atoms with Crippen molar-refractivity contribution in [3.05, 3.63) is 42.5 Å². The van der Waals surface area contributed by atoms with Gasteiger partial charge in [0.2, 0.25) is 5.95 Å². The van der Waals surface area contributed by atoms with Crippen LogP contribution in [0.15, 0.2) is 36.7 Å². The monoisotopic (exact) mass is 351 g/mol. The van der Waals surface area contributed by atoms with E-state index in [-0.39, 0.29) is 11.8 Å². The number of rotatable bonds is 2. The van der Waals surface area contributed by atoms with Crippen LogP contribution in [0.4, 0.5) is 21.8 Å². The molecular weight excluding hydrogens is 333 g/mol. The largest absolute Gasteiger partial charge is 0.368 e. The van der Waals surface area contributed by atoms with E-state index in [1.807, 2.05) is 12.1 Å². The smallest absolute Gasteiger partial charge is 0.224 e. The van der Waals surface area contributed by atoms with Crippen molar-refractivity contribution in [3.8, 4) is 0 Å². The summed E-state index contributed by atoms with van der Waals surface area (Å²) in [6.07, 6.45) is 5.41. The number of aromatic nitrogens is 4. The van der Waals surface area contributed by atoms with Gasteiger partial charge < -0.3 is 15.5 Å². The summed E-state index contributed by atoms with van der Waals surface area (Å²) in [4.78, 5) is 22.0. The van der Waals surface area contributed by atoms with Crippen LogP contribution in [0.25, 0.3) is 11.2 Å². The molecule has 26 heavy (non-hydrogen) atoms. The standard InChI is InChI=1S/C18H18FN7/c19-11-3-5-12(6-4-11)26-10-14-13(26)2-1-9-25(14)17-15-16(22-8-7-21-15)23-18(20)24-17/h3-8,13-14H,1-2,9-10H2,(H2,20,22,23,24)/t13-,14-/m1/s1. The number of nitrogen functional groups attached to an aromatic ring is 1. The van der Waals surface area contributed by atoms with Gasteiger partial charge in [-0.25, -0.2) is 14.4 Å². The first-order valence-corrected chi connectivity index (χ1v) is 8.74. The van der Waals surface area contributed by atoms with Gasteiger partial charge in [-0.1, -0.05) is 0 Å². The van der Waals surface area contributed by atoms with Crippen molar-refractivity contribution in [3.63, 3.8) is 0 Å². The van der Waals surface area contributed by atoms with Crippen LogP contribution in [0.1, 0.15) is 12.8 Å². The third-order valence-corrected chi connectivity index (χ3v) is 5.29. The summed E-state index contributed by atoms with van der Waals surface area (Å²) in [5.74, 6) is 0.761. The third-order valence-electron chi connectivity index (χ3n) is 5.29. The van der Waals surface area contributed by atoms with E-state index in [1.54, 1.807) is 12.4 Å². The average molecular weight is 351 g/mol. The summed E-state index contributed by atoms with van der Waals surface area (Å²) in [7, 11) is 0. The minimum Gasteiger partial charge on any atom is -0.368 e. The second-order valence-corrected chi connectivity index (χ2v) is 6.73. The fourth-order valence-electron chi connectivity index (χ4n) is 4.08. The van der Waals surface area contributed by atoms with Gasteiger partial charge in [0.15, 0.2) is 17.0 Å². The topological polar surface area (TPSA) is 84.1 Å². The van der Waals surface area contributed by atoms with E-state index in [0.717, 1.165) is 37.4 Å². The van der Waals surface area contributed by atoms with Crippen molar-refractivity contribution in [1.29, 1.82) is 0 Å². The Balaban J connectivity index is 1.48. The number of hydrogen-bond acceptors (Lipinski definition) is 7. The Kier molecular flexibility index (Phi) is 3.37. The lowest BCUT2D eigenvalue weighted by Crippen LogP contribution is -2.69. The van der Waals surface area contributed by atoms with Crippen LogP contribution < -0.4 is 15.5 Å². The lowest BCUT2D eigenvalue weighted by molar-refractivity contribution is 0.296. The summed E-state index contributed by atoms with van der Waals surface area (Å²) in [6.45, 7) is 1.77. The predicted molar refractivity (Wildman–Crippen MR) is 97.4 cm³/mol. The molecule has 0 unspecified atom stereocenters. The molecule has 0 amide bonds. The zero-order valence-corrected chi connectivity index (χ0v) is 14.1. The van der Waals surface area contributed by atoms with Gasteiger partial charge in [-0.05, 0) is 37.1 Å². The molecule has 2 aliphatic rings. The molecule has 8 heteroatoms. The van der Waals surface area contributed by atoms with E-state index in [2.05, 4.69) is 29.7 Å². The lowest BCUT2D eigenvalue weighted by atomic mass is 9.86. The molecular formula is C18H18FN7. The zero-order chi connectivity index (χ0) is 17.7. The summed E-state index contributed by atoms with van der Waals surface area (Å²) in [5, 5.41) is 0. The summed E-state index contributed by atoms with van der Waals surface area (Å²) >= 11 is 0. The van der Waals surface area contributed by atoms with Crippen LogP contribution in [0.2, 0.25) is 0 Å². The fourth-order valence-corrected chi connectivity index (χ4v) is 4.08. The first-order valence-electron chi connectivity index (χ1n) is 8.74. The van der Waals surface area contributed by atoms with Crippen LogP contribution in [0.5, 0.6) is 0 Å². The molecule has 3 aromatic rings. The van der Waals surface area contributed by atoms with Gasteiger partial charge >= 0.3 is 0 Å². The molecule has 2 atom stereocenters. The van der Waals surface area contributed by atoms with Gasteiger partial charge in [-0.15, -0.1) is 0 Å². The van der Waals surface area contributed by atoms with Gasteiger partial charge in [-0.3, -0.25) is 0 Å². The quantitative estimate of drug-likeness (QED) is 0.756. The Morgan fingerprint density at radius 3 is 2.65 bits per heavy atom. The molecule has 2 saturated heterocycles. The molecule has 2 aliphatic heterocycles. The van der Waals surface area contributed by atoms with Crippen LogP contribution in [0, 0.1) is 5.82 Å². The maximum atomic E-state index is 13.2. The van der Waals surface area contributed by atoms with Crippen LogP contribution in [-0.4, -0.2) is 45.1 Å². The van der Waals surface area contributed by atoms with Crippen molar-refractivity contribution >= 4 is 28.6 Å². The van der Waals surface area contributed by atoms with E-state index in [4.69, 9.17) is 5.73 Å². The Morgan fingerprint density at radius 1 is 1.00 bits per heavy atom. The van der Waals surface area contributed by atoms with Crippen molar-refractivity contribution in [2.45, 2.75) is 24.9 Å². The maximum absolute atomic E-state index is 13.2. The first-order chi connectivity index (χ1) is 12.7. The van der Waals surface area contributed by atoms with Gasteiger partial charge in [0.1, 0.15) is 5.82 Å². The van der Waals surface area contributed by atoms with Crippen LogP contribution in [0.3, 0.4) is 0 Å². The van der Waals surface area contributed by atoms with E-state index < -0.39 is 0 Å². The van der Waals surface area contributed by atoms with Crippen LogP contribution in [-0.2, 0) is 0 Å². The molecule has 1 aromatic carbocycles. The lowest BCUT2D eigenvalue weighted by Gasteiger charge is -2.57. The SMILES string of the molecule is Nc1nc(N2CCC[C@@H]3[C@H]2CN3c2ccc(F)cc2)c2nccnc2n1. The number of nitrogens with zero attached hydrogens (tertiary/aromatic N) is 6. The molecule has 5 rings (SSSR count). The molecule has 0 spiro atoms. The van der Waals surface area contributed by atoms with Crippen molar-refractivity contribution in [1.82, 2.24) is 19.9 Å². The highest BCUT2D eigenvalue weighted by molar-refractivity contribution is 5.84. The molecule has 7 nitrogen and oxygen atoms in total. The molecule has 2 fully saturated rings. The Morgan fingerprint density at radius 2 is 1.81 bits per heavy atom. The molecule has 2 N–H and O–H groups in total. The number of piperidine rings is 1. The Hall–Kier alpha value is -3.03. The first kappa shape index (κ1) is 15.2. The summed E-state index contributed by atoms with van der Waals surface area (Å²) in [5.41, 5.74) is 8.16. The maximum Gasteiger partial charge on any atom is 0.224 e. The molecule has 0 radical (unpaired) electrons. The molecule has 0 saturated carbocycles. The van der Waals surface area contributed by atoms with Gasteiger partial charge in [-0.2, -0.15) is 9.97 Å². The number of halogens is 1. The molecule has 0 bridgehead atoms. The second kappa shape index (κ2) is 5.76. The number of nitrogens with two attached hydrogens (primary N) is 1. The minimum absolute atomic E-state index is 0.211. The van der Waals surface area contributed by atoms with Gasteiger partial charge in [0.05, 0.1) is 12.1 Å². The third kappa shape index (κ3) is 2.33. The van der Waals surface area contributed by atoms with E-state index in [1.165, 1.54) is 12.1 Å². The Bertz CT molecular complexity index is 961. The summed E-state index contributed by atoms with van der Waals surface area (Å²) < 4.78 is 13.2. The van der Waals surface area contributed by atoms with Gasteiger partial charge in [0, 0.05) is 31.2 Å². The molecule has 4 heterocycles. The second-order valence-electron chi connectivity index (χ2n) is 6.73. The molecule has 2 aromatic heterocycles. The minimum atomic E-state index is -0.211. The fraction of sp³-hybridized carbons (Fsp3) is 0.333. The predicted octanol–water partition coefficient (Wildman–Crippen LogP) is 2.00. The number of anilines is 3. The molecule has 132 valence electrons. The highest BCUT2D eigenvalue weighted by Gasteiger charge is 2.45. The van der Waals surface area contributed by atoms with Crippen molar-refractivity contribution in [2.75, 3.05) is 28.6 Å². The molecule has 0 aliphatic carbocycles. The number of fused-ring (bicyclic) bond motifs is 2. The zero-order valence-electron chi connectivity index (χ0n) is 14.1. The van der Waals surface area contributed by atoms with Crippen molar-refractivity contribution in [2.24, 2.45) is 0 Å². The highest BCUT2D eigenvalue weighted by Crippen LogP contribution is 2.38. The van der Waals surface area contributed by atoms with E-state index in [9.17, 15) is 4.39 Å². The van der Waals surface area contributed by atoms with Crippen molar-refractivity contribution < 1.29 is 4.39 Å². The Labute approximate surface area is 149 Å². The summed E-state index contributed by atoms with van der Waals surface area (Å²) in [6, 6.07) is 7.40.